The maximum absolute atomic E-state index is 6.10. The number of halogens is 1. The van der Waals surface area contributed by atoms with E-state index in [1.54, 1.807) is 7.11 Å². The summed E-state index contributed by atoms with van der Waals surface area (Å²) in [7, 11) is 1.65. The SMILES string of the molecule is CCNC(c1ccc(Cl)c(OC)c1)C1CCOC1C. The predicted octanol–water partition coefficient (Wildman–Crippen LogP) is 3.42. The fraction of sp³-hybridized carbons (Fsp3) is 0.600. The molecule has 0 radical (unpaired) electrons. The Kier molecular flexibility index (Phi) is 5.08. The maximum Gasteiger partial charge on any atom is 0.137 e. The summed E-state index contributed by atoms with van der Waals surface area (Å²) < 4.78 is 11.0. The third-order valence-electron chi connectivity index (χ3n) is 3.82. The minimum absolute atomic E-state index is 0.283. The van der Waals surface area contributed by atoms with Crippen LogP contribution in [0.2, 0.25) is 5.02 Å². The largest absolute Gasteiger partial charge is 0.495 e. The van der Waals surface area contributed by atoms with Gasteiger partial charge in [-0.25, -0.2) is 0 Å². The Morgan fingerprint density at radius 1 is 1.53 bits per heavy atom. The van der Waals surface area contributed by atoms with Crippen molar-refractivity contribution in [1.82, 2.24) is 5.32 Å². The van der Waals surface area contributed by atoms with Gasteiger partial charge in [0.05, 0.1) is 18.2 Å². The van der Waals surface area contributed by atoms with Crippen molar-refractivity contribution in [2.75, 3.05) is 20.3 Å². The van der Waals surface area contributed by atoms with E-state index in [1.807, 2.05) is 12.1 Å². The molecule has 1 aromatic carbocycles. The van der Waals surface area contributed by atoms with Crippen LogP contribution < -0.4 is 10.1 Å². The van der Waals surface area contributed by atoms with Crippen LogP contribution in [0, 0.1) is 5.92 Å². The molecule has 0 amide bonds. The second-order valence-electron chi connectivity index (χ2n) is 4.96. The molecule has 1 saturated heterocycles. The molecule has 0 saturated carbocycles. The zero-order chi connectivity index (χ0) is 13.8. The first-order valence-electron chi connectivity index (χ1n) is 6.85. The van der Waals surface area contributed by atoms with E-state index in [1.165, 1.54) is 5.56 Å². The van der Waals surface area contributed by atoms with Gasteiger partial charge in [-0.15, -0.1) is 0 Å². The fourth-order valence-corrected chi connectivity index (χ4v) is 2.99. The Morgan fingerprint density at radius 3 is 2.89 bits per heavy atom. The van der Waals surface area contributed by atoms with Crippen LogP contribution in [0.4, 0.5) is 0 Å². The molecule has 0 aromatic heterocycles. The summed E-state index contributed by atoms with van der Waals surface area (Å²) in [6, 6.07) is 6.29. The standard InChI is InChI=1S/C15H22ClNO2/c1-4-17-15(12-7-8-19-10(12)2)11-5-6-13(16)14(9-11)18-3/h5-6,9-10,12,15,17H,4,7-8H2,1-3H3. The van der Waals surface area contributed by atoms with Gasteiger partial charge in [-0.1, -0.05) is 24.6 Å². The zero-order valence-electron chi connectivity index (χ0n) is 11.8. The maximum atomic E-state index is 6.10. The van der Waals surface area contributed by atoms with Crippen LogP contribution in [0.1, 0.15) is 31.9 Å². The molecule has 1 N–H and O–H groups in total. The van der Waals surface area contributed by atoms with Crippen LogP contribution in [0.25, 0.3) is 0 Å². The van der Waals surface area contributed by atoms with Crippen molar-refractivity contribution >= 4 is 11.6 Å². The topological polar surface area (TPSA) is 30.5 Å². The van der Waals surface area contributed by atoms with E-state index >= 15 is 0 Å². The van der Waals surface area contributed by atoms with Crippen molar-refractivity contribution in [2.24, 2.45) is 5.92 Å². The second kappa shape index (κ2) is 6.60. The lowest BCUT2D eigenvalue weighted by molar-refractivity contribution is 0.0955. The summed E-state index contributed by atoms with van der Waals surface area (Å²) in [6.45, 7) is 6.05. The van der Waals surface area contributed by atoms with Crippen LogP contribution >= 0.6 is 11.6 Å². The van der Waals surface area contributed by atoms with E-state index in [0.29, 0.717) is 10.9 Å². The highest BCUT2D eigenvalue weighted by molar-refractivity contribution is 6.32. The molecule has 2 rings (SSSR count). The third-order valence-corrected chi connectivity index (χ3v) is 4.13. The Balaban J connectivity index is 2.27. The van der Waals surface area contributed by atoms with Crippen molar-refractivity contribution in [1.29, 1.82) is 0 Å². The highest BCUT2D eigenvalue weighted by Crippen LogP contribution is 2.36. The van der Waals surface area contributed by atoms with Crippen molar-refractivity contribution in [2.45, 2.75) is 32.4 Å². The van der Waals surface area contributed by atoms with Gasteiger partial charge in [-0.3, -0.25) is 0 Å². The van der Waals surface area contributed by atoms with Crippen molar-refractivity contribution < 1.29 is 9.47 Å². The molecule has 3 nitrogen and oxygen atoms in total. The Morgan fingerprint density at radius 2 is 2.32 bits per heavy atom. The smallest absolute Gasteiger partial charge is 0.137 e. The van der Waals surface area contributed by atoms with Crippen molar-refractivity contribution in [3.8, 4) is 5.75 Å². The average Bonchev–Trinajstić information content (AvgIpc) is 2.83. The minimum Gasteiger partial charge on any atom is -0.495 e. The van der Waals surface area contributed by atoms with Gasteiger partial charge in [0.2, 0.25) is 0 Å². The summed E-state index contributed by atoms with van der Waals surface area (Å²) in [6.07, 6.45) is 1.37. The molecule has 1 aliphatic heterocycles. The monoisotopic (exact) mass is 283 g/mol. The number of benzene rings is 1. The Hall–Kier alpha value is -0.770. The molecule has 0 spiro atoms. The number of nitrogens with one attached hydrogen (secondary N) is 1. The zero-order valence-corrected chi connectivity index (χ0v) is 12.5. The number of rotatable bonds is 5. The van der Waals surface area contributed by atoms with Gasteiger partial charge >= 0.3 is 0 Å². The molecule has 3 unspecified atom stereocenters. The van der Waals surface area contributed by atoms with Crippen molar-refractivity contribution in [3.63, 3.8) is 0 Å². The van der Waals surface area contributed by atoms with E-state index in [9.17, 15) is 0 Å². The molecule has 106 valence electrons. The predicted molar refractivity (Wildman–Crippen MR) is 77.9 cm³/mol. The summed E-state index contributed by atoms with van der Waals surface area (Å²) in [4.78, 5) is 0. The summed E-state index contributed by atoms with van der Waals surface area (Å²) in [5, 5.41) is 4.21. The average molecular weight is 284 g/mol. The molecule has 1 aliphatic rings. The number of methoxy groups -OCH3 is 1. The minimum atomic E-state index is 0.283. The van der Waals surface area contributed by atoms with E-state index < -0.39 is 0 Å². The van der Waals surface area contributed by atoms with Gasteiger partial charge in [-0.2, -0.15) is 0 Å². The Labute approximate surface area is 120 Å². The van der Waals surface area contributed by atoms with E-state index in [-0.39, 0.29) is 12.1 Å². The van der Waals surface area contributed by atoms with E-state index in [4.69, 9.17) is 21.1 Å². The highest BCUT2D eigenvalue weighted by Gasteiger charge is 2.32. The van der Waals surface area contributed by atoms with E-state index in [2.05, 4.69) is 25.2 Å². The van der Waals surface area contributed by atoms with Crippen LogP contribution in [-0.2, 0) is 4.74 Å². The highest BCUT2D eigenvalue weighted by atomic mass is 35.5. The lowest BCUT2D eigenvalue weighted by Crippen LogP contribution is -2.31. The lowest BCUT2D eigenvalue weighted by Gasteiger charge is -2.27. The van der Waals surface area contributed by atoms with Crippen LogP contribution in [0.5, 0.6) is 5.75 Å². The van der Waals surface area contributed by atoms with Gasteiger partial charge in [-0.05, 0) is 37.6 Å². The second-order valence-corrected chi connectivity index (χ2v) is 5.36. The Bertz CT molecular complexity index is 425. The normalized spacial score (nSPS) is 24.4. The molecule has 4 heteroatoms. The van der Waals surface area contributed by atoms with Crippen LogP contribution in [0.3, 0.4) is 0 Å². The molecule has 0 bridgehead atoms. The third kappa shape index (κ3) is 3.22. The number of hydrogen-bond donors (Lipinski definition) is 1. The van der Waals surface area contributed by atoms with Gasteiger partial charge in [0.15, 0.2) is 0 Å². The summed E-state index contributed by atoms with van der Waals surface area (Å²) in [5.74, 6) is 1.22. The summed E-state index contributed by atoms with van der Waals surface area (Å²) in [5.41, 5.74) is 1.21. The molecule has 0 aliphatic carbocycles. The van der Waals surface area contributed by atoms with Gasteiger partial charge < -0.3 is 14.8 Å². The number of ether oxygens (including phenoxy) is 2. The first kappa shape index (κ1) is 14.6. The van der Waals surface area contributed by atoms with Gasteiger partial charge in [0.25, 0.3) is 0 Å². The first-order valence-corrected chi connectivity index (χ1v) is 7.23. The molecular weight excluding hydrogens is 262 g/mol. The molecule has 19 heavy (non-hydrogen) atoms. The van der Waals surface area contributed by atoms with Gasteiger partial charge in [0.1, 0.15) is 5.75 Å². The molecule has 3 atom stereocenters. The van der Waals surface area contributed by atoms with Crippen LogP contribution in [0.15, 0.2) is 18.2 Å². The fourth-order valence-electron chi connectivity index (χ4n) is 2.79. The lowest BCUT2D eigenvalue weighted by atomic mass is 9.88. The first-order chi connectivity index (χ1) is 9.17. The quantitative estimate of drug-likeness (QED) is 0.898. The van der Waals surface area contributed by atoms with Gasteiger partial charge in [0, 0.05) is 18.6 Å². The molecule has 1 aromatic rings. The molecular formula is C15H22ClNO2. The van der Waals surface area contributed by atoms with Crippen molar-refractivity contribution in [3.05, 3.63) is 28.8 Å². The van der Waals surface area contributed by atoms with Crippen LogP contribution in [-0.4, -0.2) is 26.4 Å². The van der Waals surface area contributed by atoms with E-state index in [0.717, 1.165) is 25.3 Å². The molecule has 1 fully saturated rings. The molecule has 1 heterocycles. The number of hydrogen-bond acceptors (Lipinski definition) is 3. The summed E-state index contributed by atoms with van der Waals surface area (Å²) >= 11 is 6.10.